The third-order valence-electron chi connectivity index (χ3n) is 4.80. The Hall–Kier alpha value is -2.63. The minimum absolute atomic E-state index is 0.205. The van der Waals surface area contributed by atoms with E-state index >= 15 is 0 Å². The van der Waals surface area contributed by atoms with E-state index < -0.39 is 0 Å². The topological polar surface area (TPSA) is 82.4 Å². The van der Waals surface area contributed by atoms with Crippen molar-refractivity contribution >= 4 is 45.8 Å². The van der Waals surface area contributed by atoms with Gasteiger partial charge in [0, 0.05) is 35.3 Å². The molecule has 1 unspecified atom stereocenters. The first-order chi connectivity index (χ1) is 14.0. The van der Waals surface area contributed by atoms with Gasteiger partial charge in [0.2, 0.25) is 5.91 Å². The molecule has 2 amide bonds. The zero-order chi connectivity index (χ0) is 20.8. The SMILES string of the molecule is CCN(CC)C(=O)OC1CCc2c(sc(NC(=O)/C=C/c3cccs3)c2C#N)C1. The highest BCUT2D eigenvalue weighted by Crippen LogP contribution is 2.38. The minimum Gasteiger partial charge on any atom is -0.446 e. The fourth-order valence-corrected chi connectivity index (χ4v) is 5.14. The maximum absolute atomic E-state index is 12.3. The Labute approximate surface area is 178 Å². The van der Waals surface area contributed by atoms with Crippen LogP contribution in [0.2, 0.25) is 0 Å². The fraction of sp³-hybridized carbons (Fsp3) is 0.381. The number of rotatable bonds is 6. The molecule has 3 rings (SSSR count). The first-order valence-electron chi connectivity index (χ1n) is 9.58. The molecule has 0 radical (unpaired) electrons. The van der Waals surface area contributed by atoms with E-state index in [9.17, 15) is 14.9 Å². The van der Waals surface area contributed by atoms with E-state index in [1.165, 1.54) is 17.4 Å². The van der Waals surface area contributed by atoms with Gasteiger partial charge in [0.05, 0.1) is 5.56 Å². The number of nitriles is 1. The smallest absolute Gasteiger partial charge is 0.410 e. The molecule has 0 saturated heterocycles. The maximum Gasteiger partial charge on any atom is 0.410 e. The zero-order valence-corrected chi connectivity index (χ0v) is 18.1. The van der Waals surface area contributed by atoms with Gasteiger partial charge in [0.15, 0.2) is 0 Å². The Morgan fingerprint density at radius 2 is 2.21 bits per heavy atom. The maximum atomic E-state index is 12.3. The molecule has 1 atom stereocenters. The van der Waals surface area contributed by atoms with Gasteiger partial charge >= 0.3 is 6.09 Å². The van der Waals surface area contributed by atoms with Crippen molar-refractivity contribution in [2.45, 2.75) is 39.2 Å². The summed E-state index contributed by atoms with van der Waals surface area (Å²) in [6.45, 7) is 5.06. The molecule has 0 bridgehead atoms. The highest BCUT2D eigenvalue weighted by molar-refractivity contribution is 7.16. The van der Waals surface area contributed by atoms with Crippen LogP contribution in [0.1, 0.15) is 41.1 Å². The Morgan fingerprint density at radius 1 is 1.41 bits per heavy atom. The van der Waals surface area contributed by atoms with Crippen molar-refractivity contribution in [3.63, 3.8) is 0 Å². The molecule has 0 fully saturated rings. The lowest BCUT2D eigenvalue weighted by Crippen LogP contribution is -2.35. The van der Waals surface area contributed by atoms with Crippen LogP contribution in [0.5, 0.6) is 0 Å². The molecule has 1 aliphatic carbocycles. The number of ether oxygens (including phenoxy) is 1. The third kappa shape index (κ3) is 5.05. The second kappa shape index (κ2) is 9.72. The number of fused-ring (bicyclic) bond motifs is 1. The summed E-state index contributed by atoms with van der Waals surface area (Å²) in [5.74, 6) is -0.266. The van der Waals surface area contributed by atoms with E-state index in [0.717, 1.165) is 15.3 Å². The monoisotopic (exact) mass is 429 g/mol. The molecular weight excluding hydrogens is 406 g/mol. The van der Waals surface area contributed by atoms with Gasteiger partial charge in [-0.1, -0.05) is 6.07 Å². The standard InChI is InChI=1S/C21H23N3O3S2/c1-3-24(4-2)21(26)27-14-7-9-16-17(13-22)20(29-18(16)12-14)23-19(25)10-8-15-6-5-11-28-15/h5-6,8,10-11,14H,3-4,7,9,12H2,1-2H3,(H,23,25)/b10-8+. The molecule has 0 aromatic carbocycles. The fourth-order valence-electron chi connectivity index (χ4n) is 3.26. The summed E-state index contributed by atoms with van der Waals surface area (Å²) in [6.07, 6.45) is 4.63. The highest BCUT2D eigenvalue weighted by Gasteiger charge is 2.29. The molecule has 29 heavy (non-hydrogen) atoms. The molecular formula is C21H23N3O3S2. The van der Waals surface area contributed by atoms with Gasteiger partial charge in [0.1, 0.15) is 17.2 Å². The van der Waals surface area contributed by atoms with Crippen molar-refractivity contribution in [2.75, 3.05) is 18.4 Å². The molecule has 6 nitrogen and oxygen atoms in total. The van der Waals surface area contributed by atoms with Crippen molar-refractivity contribution in [2.24, 2.45) is 0 Å². The van der Waals surface area contributed by atoms with E-state index in [1.807, 2.05) is 31.4 Å². The molecule has 0 saturated carbocycles. The van der Waals surface area contributed by atoms with Gasteiger partial charge in [-0.3, -0.25) is 4.79 Å². The lowest BCUT2D eigenvalue weighted by atomic mass is 9.94. The van der Waals surface area contributed by atoms with E-state index in [4.69, 9.17) is 4.74 Å². The molecule has 1 aliphatic rings. The molecule has 2 aromatic heterocycles. The Bertz CT molecular complexity index is 937. The van der Waals surface area contributed by atoms with Crippen LogP contribution in [0.4, 0.5) is 9.80 Å². The molecule has 8 heteroatoms. The average Bonchev–Trinajstić information content (AvgIpc) is 3.34. The summed E-state index contributed by atoms with van der Waals surface area (Å²) in [4.78, 5) is 28.1. The van der Waals surface area contributed by atoms with Gasteiger partial charge in [-0.15, -0.1) is 22.7 Å². The van der Waals surface area contributed by atoms with E-state index in [1.54, 1.807) is 22.3 Å². The van der Waals surface area contributed by atoms with Crippen molar-refractivity contribution in [3.05, 3.63) is 44.5 Å². The van der Waals surface area contributed by atoms with Crippen LogP contribution in [0.15, 0.2) is 23.6 Å². The Morgan fingerprint density at radius 3 is 2.86 bits per heavy atom. The number of carbonyl (C=O) groups excluding carboxylic acids is 2. The van der Waals surface area contributed by atoms with Crippen molar-refractivity contribution in [1.29, 1.82) is 5.26 Å². The first-order valence-corrected chi connectivity index (χ1v) is 11.3. The molecule has 1 N–H and O–H groups in total. The van der Waals surface area contributed by atoms with Crippen molar-refractivity contribution in [1.82, 2.24) is 4.90 Å². The lowest BCUT2D eigenvalue weighted by molar-refractivity contribution is -0.111. The summed E-state index contributed by atoms with van der Waals surface area (Å²) in [5.41, 5.74) is 1.49. The van der Waals surface area contributed by atoms with Crippen LogP contribution < -0.4 is 5.32 Å². The largest absolute Gasteiger partial charge is 0.446 e. The highest BCUT2D eigenvalue weighted by atomic mass is 32.1. The van der Waals surface area contributed by atoms with Crippen LogP contribution in [-0.4, -0.2) is 36.1 Å². The minimum atomic E-state index is -0.298. The van der Waals surface area contributed by atoms with Crippen LogP contribution in [0, 0.1) is 11.3 Å². The van der Waals surface area contributed by atoms with Gasteiger partial charge < -0.3 is 15.0 Å². The normalized spacial score (nSPS) is 15.6. The number of hydrogen-bond acceptors (Lipinski definition) is 6. The Balaban J connectivity index is 1.69. The summed E-state index contributed by atoms with van der Waals surface area (Å²) in [6, 6.07) is 6.08. The van der Waals surface area contributed by atoms with E-state index in [-0.39, 0.29) is 18.1 Å². The number of hydrogen-bond donors (Lipinski definition) is 1. The molecule has 2 heterocycles. The summed E-state index contributed by atoms with van der Waals surface area (Å²) < 4.78 is 5.65. The Kier molecular flexibility index (Phi) is 7.07. The van der Waals surface area contributed by atoms with Gasteiger partial charge in [-0.2, -0.15) is 5.26 Å². The van der Waals surface area contributed by atoms with Crippen LogP contribution in [0.3, 0.4) is 0 Å². The third-order valence-corrected chi connectivity index (χ3v) is 6.81. The quantitative estimate of drug-likeness (QED) is 0.677. The van der Waals surface area contributed by atoms with Crippen LogP contribution in [0.25, 0.3) is 6.08 Å². The van der Waals surface area contributed by atoms with Crippen molar-refractivity contribution < 1.29 is 14.3 Å². The van der Waals surface area contributed by atoms with Gasteiger partial charge in [0.25, 0.3) is 0 Å². The van der Waals surface area contributed by atoms with E-state index in [2.05, 4.69) is 11.4 Å². The molecule has 2 aromatic rings. The second-order valence-corrected chi connectivity index (χ2v) is 8.66. The first kappa shape index (κ1) is 21.1. The number of carbonyl (C=O) groups is 2. The van der Waals surface area contributed by atoms with E-state index in [0.29, 0.717) is 42.9 Å². The average molecular weight is 430 g/mol. The lowest BCUT2D eigenvalue weighted by Gasteiger charge is -2.26. The van der Waals surface area contributed by atoms with Crippen LogP contribution in [-0.2, 0) is 22.4 Å². The molecule has 152 valence electrons. The molecule has 0 aliphatic heterocycles. The number of nitrogens with one attached hydrogen (secondary N) is 1. The molecule has 0 spiro atoms. The summed E-state index contributed by atoms with van der Waals surface area (Å²) >= 11 is 2.95. The van der Waals surface area contributed by atoms with Gasteiger partial charge in [-0.05, 0) is 49.8 Å². The number of amides is 2. The van der Waals surface area contributed by atoms with Gasteiger partial charge in [-0.25, -0.2) is 4.79 Å². The number of nitrogens with zero attached hydrogens (tertiary/aromatic N) is 2. The van der Waals surface area contributed by atoms with Crippen molar-refractivity contribution in [3.8, 4) is 6.07 Å². The van der Waals surface area contributed by atoms with Crippen LogP contribution >= 0.6 is 22.7 Å². The number of anilines is 1. The summed E-state index contributed by atoms with van der Waals surface area (Å²) in [5, 5.41) is 14.9. The predicted molar refractivity (Wildman–Crippen MR) is 116 cm³/mol. The number of thiophene rings is 2. The zero-order valence-electron chi connectivity index (χ0n) is 16.4. The summed E-state index contributed by atoms with van der Waals surface area (Å²) in [7, 11) is 0. The second-order valence-electron chi connectivity index (χ2n) is 6.58. The predicted octanol–water partition coefficient (Wildman–Crippen LogP) is 4.67.